The highest BCUT2D eigenvalue weighted by atomic mass is 15.1. The predicted molar refractivity (Wildman–Crippen MR) is 81.3 cm³/mol. The Hall–Kier alpha value is -1.02. The zero-order valence-electron chi connectivity index (χ0n) is 12.2. The van der Waals surface area contributed by atoms with Gasteiger partial charge >= 0.3 is 0 Å². The molecule has 0 saturated carbocycles. The molecule has 0 atom stereocenters. The number of unbranched alkanes of at least 4 members (excludes halogenated alkanes) is 2. The average molecular weight is 248 g/mol. The van der Waals surface area contributed by atoms with Crippen LogP contribution >= 0.6 is 0 Å². The number of hydrogen-bond acceptors (Lipinski definition) is 2. The zero-order chi connectivity index (χ0) is 13.2. The molecule has 0 aliphatic rings. The molecule has 102 valence electrons. The van der Waals surface area contributed by atoms with Crippen LogP contribution in [0.3, 0.4) is 0 Å². The highest BCUT2D eigenvalue weighted by Crippen LogP contribution is 2.11. The number of nitrogens with one attached hydrogen (secondary N) is 1. The molecule has 1 rings (SSSR count). The summed E-state index contributed by atoms with van der Waals surface area (Å²) < 4.78 is 0. The lowest BCUT2D eigenvalue weighted by molar-refractivity contribution is 0.530. The third-order valence-corrected chi connectivity index (χ3v) is 3.10. The van der Waals surface area contributed by atoms with Crippen molar-refractivity contribution in [2.75, 3.05) is 31.6 Å². The highest BCUT2D eigenvalue weighted by molar-refractivity contribution is 5.44. The molecule has 0 aliphatic heterocycles. The van der Waals surface area contributed by atoms with Crippen molar-refractivity contribution >= 4 is 5.69 Å². The number of nitrogens with zero attached hydrogens (tertiary/aromatic N) is 1. The first-order valence-corrected chi connectivity index (χ1v) is 7.17. The van der Waals surface area contributed by atoms with Gasteiger partial charge in [-0.15, -0.1) is 0 Å². The Kier molecular flexibility index (Phi) is 7.51. The number of para-hydroxylation sites is 1. The fourth-order valence-electron chi connectivity index (χ4n) is 1.98. The largest absolute Gasteiger partial charge is 0.375 e. The monoisotopic (exact) mass is 248 g/mol. The van der Waals surface area contributed by atoms with Crippen LogP contribution in [0.4, 0.5) is 5.69 Å². The molecule has 0 aliphatic carbocycles. The molecule has 2 heteroatoms. The molecule has 1 N–H and O–H groups in total. The number of hydrogen-bond donors (Lipinski definition) is 1. The van der Waals surface area contributed by atoms with Gasteiger partial charge in [0.1, 0.15) is 0 Å². The maximum Gasteiger partial charge on any atom is 0.0363 e. The fraction of sp³-hybridized carbons (Fsp3) is 0.625. The summed E-state index contributed by atoms with van der Waals surface area (Å²) in [7, 11) is 2.17. The molecule has 2 nitrogen and oxygen atoms in total. The van der Waals surface area contributed by atoms with E-state index in [9.17, 15) is 0 Å². The topological polar surface area (TPSA) is 15.3 Å². The van der Waals surface area contributed by atoms with E-state index in [2.05, 4.69) is 61.4 Å². The smallest absolute Gasteiger partial charge is 0.0363 e. The van der Waals surface area contributed by atoms with Crippen LogP contribution < -0.4 is 10.2 Å². The maximum absolute atomic E-state index is 3.49. The van der Waals surface area contributed by atoms with Crippen molar-refractivity contribution < 1.29 is 0 Å². The molecular formula is C16H28N2. The lowest BCUT2D eigenvalue weighted by Crippen LogP contribution is -2.21. The minimum Gasteiger partial charge on any atom is -0.375 e. The molecule has 1 aromatic carbocycles. The van der Waals surface area contributed by atoms with E-state index >= 15 is 0 Å². The first-order chi connectivity index (χ1) is 8.70. The van der Waals surface area contributed by atoms with Crippen LogP contribution in [0.1, 0.15) is 33.1 Å². The van der Waals surface area contributed by atoms with Crippen molar-refractivity contribution in [1.29, 1.82) is 0 Å². The predicted octanol–water partition coefficient (Wildman–Crippen LogP) is 3.54. The Balaban J connectivity index is 2.01. The van der Waals surface area contributed by atoms with Gasteiger partial charge in [-0.05, 0) is 44.0 Å². The summed E-state index contributed by atoms with van der Waals surface area (Å²) in [5.41, 5.74) is 1.32. The molecule has 0 unspecified atom stereocenters. The van der Waals surface area contributed by atoms with Gasteiger partial charge in [-0.3, -0.25) is 0 Å². The van der Waals surface area contributed by atoms with E-state index in [-0.39, 0.29) is 0 Å². The van der Waals surface area contributed by atoms with Crippen LogP contribution in [0.5, 0.6) is 0 Å². The van der Waals surface area contributed by atoms with Gasteiger partial charge in [0.2, 0.25) is 0 Å². The second-order valence-electron chi connectivity index (χ2n) is 5.42. The molecule has 0 aromatic heterocycles. The summed E-state index contributed by atoms with van der Waals surface area (Å²) in [4.78, 5) is 2.33. The van der Waals surface area contributed by atoms with Crippen LogP contribution in [0.15, 0.2) is 30.3 Å². The number of anilines is 1. The Morgan fingerprint density at radius 3 is 2.44 bits per heavy atom. The van der Waals surface area contributed by atoms with E-state index in [1.807, 2.05) is 0 Å². The molecule has 0 heterocycles. The van der Waals surface area contributed by atoms with Gasteiger partial charge in [0.05, 0.1) is 0 Å². The van der Waals surface area contributed by atoms with Crippen LogP contribution in [0, 0.1) is 5.92 Å². The van der Waals surface area contributed by atoms with Gasteiger partial charge in [0, 0.05) is 19.3 Å². The second kappa shape index (κ2) is 8.98. The van der Waals surface area contributed by atoms with E-state index in [0.717, 1.165) is 25.6 Å². The van der Waals surface area contributed by atoms with Crippen molar-refractivity contribution in [3.8, 4) is 0 Å². The Labute approximate surface area is 112 Å². The summed E-state index contributed by atoms with van der Waals surface area (Å²) in [5, 5.41) is 3.49. The van der Waals surface area contributed by atoms with Gasteiger partial charge < -0.3 is 10.2 Å². The minimum atomic E-state index is 0.759. The SMILES string of the molecule is CC(C)CNCCCCCN(C)c1ccccc1. The molecule has 1 aromatic rings. The zero-order valence-corrected chi connectivity index (χ0v) is 12.2. The summed E-state index contributed by atoms with van der Waals surface area (Å²) in [5.74, 6) is 0.759. The van der Waals surface area contributed by atoms with E-state index < -0.39 is 0 Å². The van der Waals surface area contributed by atoms with Gasteiger partial charge in [0.15, 0.2) is 0 Å². The first kappa shape index (κ1) is 15.0. The van der Waals surface area contributed by atoms with Crippen molar-refractivity contribution in [3.05, 3.63) is 30.3 Å². The van der Waals surface area contributed by atoms with Gasteiger partial charge in [-0.1, -0.05) is 38.5 Å². The van der Waals surface area contributed by atoms with E-state index in [4.69, 9.17) is 0 Å². The molecular weight excluding hydrogens is 220 g/mol. The van der Waals surface area contributed by atoms with E-state index in [1.54, 1.807) is 0 Å². The molecule has 0 saturated heterocycles. The van der Waals surface area contributed by atoms with Crippen LogP contribution in [0.25, 0.3) is 0 Å². The lowest BCUT2D eigenvalue weighted by Gasteiger charge is -2.19. The van der Waals surface area contributed by atoms with Crippen LogP contribution in [-0.4, -0.2) is 26.7 Å². The maximum atomic E-state index is 3.49. The minimum absolute atomic E-state index is 0.759. The third kappa shape index (κ3) is 6.65. The van der Waals surface area contributed by atoms with E-state index in [1.165, 1.54) is 24.9 Å². The van der Waals surface area contributed by atoms with Gasteiger partial charge in [-0.25, -0.2) is 0 Å². The molecule has 0 amide bonds. The molecule has 0 bridgehead atoms. The first-order valence-electron chi connectivity index (χ1n) is 7.17. The number of benzene rings is 1. The highest BCUT2D eigenvalue weighted by Gasteiger charge is 1.99. The Morgan fingerprint density at radius 1 is 1.06 bits per heavy atom. The molecule has 0 radical (unpaired) electrons. The molecule has 0 spiro atoms. The van der Waals surface area contributed by atoms with Crippen molar-refractivity contribution in [2.24, 2.45) is 5.92 Å². The van der Waals surface area contributed by atoms with Crippen molar-refractivity contribution in [3.63, 3.8) is 0 Å². The summed E-state index contributed by atoms with van der Waals surface area (Å²) in [6.07, 6.45) is 3.87. The average Bonchev–Trinajstić information content (AvgIpc) is 2.38. The second-order valence-corrected chi connectivity index (χ2v) is 5.42. The fourth-order valence-corrected chi connectivity index (χ4v) is 1.98. The Bertz CT molecular complexity index is 295. The van der Waals surface area contributed by atoms with Crippen molar-refractivity contribution in [2.45, 2.75) is 33.1 Å². The van der Waals surface area contributed by atoms with Gasteiger partial charge in [0.25, 0.3) is 0 Å². The Morgan fingerprint density at radius 2 is 1.78 bits per heavy atom. The van der Waals surface area contributed by atoms with Crippen molar-refractivity contribution in [1.82, 2.24) is 5.32 Å². The summed E-state index contributed by atoms with van der Waals surface area (Å²) >= 11 is 0. The van der Waals surface area contributed by atoms with Gasteiger partial charge in [-0.2, -0.15) is 0 Å². The summed E-state index contributed by atoms with van der Waals surface area (Å²) in [6, 6.07) is 10.6. The van der Waals surface area contributed by atoms with Crippen LogP contribution in [0.2, 0.25) is 0 Å². The summed E-state index contributed by atoms with van der Waals surface area (Å²) in [6.45, 7) is 7.95. The molecule has 18 heavy (non-hydrogen) atoms. The quantitative estimate of drug-likeness (QED) is 0.672. The number of rotatable bonds is 9. The molecule has 0 fully saturated rings. The lowest BCUT2D eigenvalue weighted by atomic mass is 10.2. The van der Waals surface area contributed by atoms with E-state index in [0.29, 0.717) is 0 Å². The normalized spacial score (nSPS) is 10.9. The third-order valence-electron chi connectivity index (χ3n) is 3.10. The van der Waals surface area contributed by atoms with Crippen LogP contribution in [-0.2, 0) is 0 Å². The standard InChI is InChI=1S/C16H28N2/c1-15(2)14-17-12-8-5-9-13-18(3)16-10-6-4-7-11-16/h4,6-7,10-11,15,17H,5,8-9,12-14H2,1-3H3.